The quantitative estimate of drug-likeness (QED) is 0.380. The number of anilines is 1. The number of aromatic nitrogens is 1. The summed E-state index contributed by atoms with van der Waals surface area (Å²) >= 11 is 4.75. The molecule has 0 fully saturated rings. The highest BCUT2D eigenvalue weighted by Gasteiger charge is 2.27. The van der Waals surface area contributed by atoms with Gasteiger partial charge in [-0.2, -0.15) is 8.68 Å². The SMILES string of the molecule is O=C(CN(Cc1ccc(Br)cc1)S(=O)(=O)c1ccccc1)Nc1ccc2sncc2c1. The second-order valence-electron chi connectivity index (χ2n) is 6.84. The Bertz CT molecular complexity index is 1310. The summed E-state index contributed by atoms with van der Waals surface area (Å²) in [7, 11) is -3.87. The molecule has 1 N–H and O–H groups in total. The maximum Gasteiger partial charge on any atom is 0.243 e. The molecule has 0 spiro atoms. The molecular weight excluding hydrogens is 498 g/mol. The summed E-state index contributed by atoms with van der Waals surface area (Å²) in [6.07, 6.45) is 1.73. The van der Waals surface area contributed by atoms with Crippen molar-refractivity contribution in [3.8, 4) is 0 Å². The van der Waals surface area contributed by atoms with Crippen LogP contribution in [0.5, 0.6) is 0 Å². The van der Waals surface area contributed by atoms with E-state index in [1.54, 1.807) is 30.5 Å². The van der Waals surface area contributed by atoms with Crippen molar-refractivity contribution in [1.82, 2.24) is 8.68 Å². The first-order valence-electron chi connectivity index (χ1n) is 9.36. The molecule has 0 atom stereocenters. The van der Waals surface area contributed by atoms with Crippen LogP contribution in [0.2, 0.25) is 0 Å². The van der Waals surface area contributed by atoms with Crippen LogP contribution in [0.25, 0.3) is 10.1 Å². The van der Waals surface area contributed by atoms with Gasteiger partial charge in [-0.05, 0) is 59.6 Å². The minimum Gasteiger partial charge on any atom is -0.325 e. The van der Waals surface area contributed by atoms with Crippen LogP contribution in [-0.2, 0) is 21.4 Å². The molecule has 3 aromatic carbocycles. The molecular formula is C22H18BrN3O3S2. The Labute approximate surface area is 192 Å². The van der Waals surface area contributed by atoms with E-state index in [2.05, 4.69) is 25.6 Å². The fourth-order valence-electron chi connectivity index (χ4n) is 3.07. The summed E-state index contributed by atoms with van der Waals surface area (Å²) in [5, 5.41) is 3.72. The molecule has 0 radical (unpaired) electrons. The van der Waals surface area contributed by atoms with Crippen LogP contribution >= 0.6 is 27.5 Å². The minimum atomic E-state index is -3.87. The molecule has 0 saturated carbocycles. The lowest BCUT2D eigenvalue weighted by molar-refractivity contribution is -0.116. The van der Waals surface area contributed by atoms with Gasteiger partial charge in [-0.15, -0.1) is 0 Å². The summed E-state index contributed by atoms with van der Waals surface area (Å²) in [4.78, 5) is 12.9. The second kappa shape index (κ2) is 9.27. The lowest BCUT2D eigenvalue weighted by atomic mass is 10.2. The molecule has 4 aromatic rings. The standard InChI is InChI=1S/C22H18BrN3O3S2/c23-18-8-6-16(7-9-18)14-26(31(28,29)20-4-2-1-3-5-20)15-22(27)25-19-10-11-21-17(12-19)13-24-30-21/h1-13H,14-15H2,(H,25,27). The van der Waals surface area contributed by atoms with Crippen molar-refractivity contribution in [1.29, 1.82) is 0 Å². The number of rotatable bonds is 7. The van der Waals surface area contributed by atoms with E-state index in [0.717, 1.165) is 20.1 Å². The number of hydrogen-bond donors (Lipinski definition) is 1. The Kier molecular flexibility index (Phi) is 6.47. The predicted molar refractivity (Wildman–Crippen MR) is 126 cm³/mol. The van der Waals surface area contributed by atoms with Gasteiger partial charge < -0.3 is 5.32 Å². The Morgan fingerprint density at radius 1 is 1.03 bits per heavy atom. The van der Waals surface area contributed by atoms with Gasteiger partial charge in [-0.1, -0.05) is 46.3 Å². The molecule has 0 aliphatic rings. The fourth-order valence-corrected chi connectivity index (χ4v) is 5.37. The fraction of sp³-hybridized carbons (Fsp3) is 0.0909. The molecule has 158 valence electrons. The third-order valence-corrected chi connectivity index (χ3v) is 7.72. The van der Waals surface area contributed by atoms with Crippen molar-refractivity contribution < 1.29 is 13.2 Å². The predicted octanol–water partition coefficient (Wildman–Crippen LogP) is 4.89. The monoisotopic (exact) mass is 515 g/mol. The van der Waals surface area contributed by atoms with E-state index in [0.29, 0.717) is 5.69 Å². The van der Waals surface area contributed by atoms with E-state index in [4.69, 9.17) is 0 Å². The molecule has 6 nitrogen and oxygen atoms in total. The van der Waals surface area contributed by atoms with Crippen molar-refractivity contribution in [3.63, 3.8) is 0 Å². The van der Waals surface area contributed by atoms with Gasteiger partial charge in [-0.3, -0.25) is 4.79 Å². The van der Waals surface area contributed by atoms with Crippen LogP contribution in [0.1, 0.15) is 5.56 Å². The zero-order chi connectivity index (χ0) is 21.8. The van der Waals surface area contributed by atoms with Gasteiger partial charge in [0.25, 0.3) is 0 Å². The average Bonchev–Trinajstić information content (AvgIpc) is 3.23. The summed E-state index contributed by atoms with van der Waals surface area (Å²) in [6, 6.07) is 20.9. The van der Waals surface area contributed by atoms with Crippen LogP contribution < -0.4 is 5.32 Å². The third kappa shape index (κ3) is 5.19. The first-order chi connectivity index (χ1) is 14.9. The number of fused-ring (bicyclic) bond motifs is 1. The summed E-state index contributed by atoms with van der Waals surface area (Å²) in [6.45, 7) is -0.237. The smallest absolute Gasteiger partial charge is 0.243 e. The molecule has 4 rings (SSSR count). The Balaban J connectivity index is 1.58. The molecule has 1 heterocycles. The van der Waals surface area contributed by atoms with Crippen molar-refractivity contribution in [2.45, 2.75) is 11.4 Å². The highest BCUT2D eigenvalue weighted by atomic mass is 79.9. The number of halogens is 1. The van der Waals surface area contributed by atoms with Crippen molar-refractivity contribution in [2.24, 2.45) is 0 Å². The normalized spacial score (nSPS) is 11.7. The first kappa shape index (κ1) is 21.6. The lowest BCUT2D eigenvalue weighted by Crippen LogP contribution is -2.37. The molecule has 0 bridgehead atoms. The van der Waals surface area contributed by atoms with E-state index in [1.165, 1.54) is 28.0 Å². The van der Waals surface area contributed by atoms with E-state index in [-0.39, 0.29) is 18.0 Å². The Morgan fingerprint density at radius 2 is 1.77 bits per heavy atom. The van der Waals surface area contributed by atoms with Crippen LogP contribution in [0.4, 0.5) is 5.69 Å². The molecule has 0 aliphatic heterocycles. The number of sulfonamides is 1. The Morgan fingerprint density at radius 3 is 2.52 bits per heavy atom. The van der Waals surface area contributed by atoms with Gasteiger partial charge in [0.15, 0.2) is 0 Å². The van der Waals surface area contributed by atoms with Gasteiger partial charge in [0.2, 0.25) is 15.9 Å². The topological polar surface area (TPSA) is 79.4 Å². The zero-order valence-corrected chi connectivity index (χ0v) is 19.5. The molecule has 9 heteroatoms. The number of benzene rings is 3. The van der Waals surface area contributed by atoms with Gasteiger partial charge in [0, 0.05) is 28.3 Å². The first-order valence-corrected chi connectivity index (χ1v) is 12.4. The van der Waals surface area contributed by atoms with Gasteiger partial charge >= 0.3 is 0 Å². The number of hydrogen-bond acceptors (Lipinski definition) is 5. The van der Waals surface area contributed by atoms with Crippen LogP contribution in [0.15, 0.2) is 88.4 Å². The maximum absolute atomic E-state index is 13.3. The van der Waals surface area contributed by atoms with Crippen LogP contribution in [-0.4, -0.2) is 29.5 Å². The summed E-state index contributed by atoms with van der Waals surface area (Å²) < 4.78 is 33.7. The molecule has 0 saturated heterocycles. The second-order valence-corrected chi connectivity index (χ2v) is 10.5. The van der Waals surface area contributed by atoms with Crippen LogP contribution in [0, 0.1) is 0 Å². The number of nitrogens with one attached hydrogen (secondary N) is 1. The van der Waals surface area contributed by atoms with Crippen molar-refractivity contribution in [3.05, 3.63) is 89.0 Å². The van der Waals surface area contributed by atoms with E-state index >= 15 is 0 Å². The molecule has 31 heavy (non-hydrogen) atoms. The Hall–Kier alpha value is -2.59. The summed E-state index contributed by atoms with van der Waals surface area (Å²) in [5.41, 5.74) is 1.37. The maximum atomic E-state index is 13.3. The van der Waals surface area contributed by atoms with Gasteiger partial charge in [0.05, 0.1) is 16.1 Å². The molecule has 0 unspecified atom stereocenters. The lowest BCUT2D eigenvalue weighted by Gasteiger charge is -2.22. The molecule has 1 aromatic heterocycles. The van der Waals surface area contributed by atoms with Gasteiger partial charge in [-0.25, -0.2) is 8.42 Å². The number of nitrogens with zero attached hydrogens (tertiary/aromatic N) is 2. The summed E-state index contributed by atoms with van der Waals surface area (Å²) in [5.74, 6) is -0.417. The zero-order valence-electron chi connectivity index (χ0n) is 16.2. The third-order valence-electron chi connectivity index (χ3n) is 4.61. The van der Waals surface area contributed by atoms with Crippen molar-refractivity contribution in [2.75, 3.05) is 11.9 Å². The number of carbonyl (C=O) groups is 1. The average molecular weight is 516 g/mol. The molecule has 0 aliphatic carbocycles. The number of carbonyl (C=O) groups excluding carboxylic acids is 1. The molecule has 1 amide bonds. The minimum absolute atomic E-state index is 0.0748. The highest BCUT2D eigenvalue weighted by Crippen LogP contribution is 2.23. The van der Waals surface area contributed by atoms with Gasteiger partial charge in [0.1, 0.15) is 0 Å². The van der Waals surface area contributed by atoms with E-state index < -0.39 is 15.9 Å². The highest BCUT2D eigenvalue weighted by molar-refractivity contribution is 9.10. The largest absolute Gasteiger partial charge is 0.325 e. The van der Waals surface area contributed by atoms with E-state index in [9.17, 15) is 13.2 Å². The number of amides is 1. The van der Waals surface area contributed by atoms with E-state index in [1.807, 2.05) is 36.4 Å². The van der Waals surface area contributed by atoms with Crippen LogP contribution in [0.3, 0.4) is 0 Å². The van der Waals surface area contributed by atoms with Crippen molar-refractivity contribution >= 4 is 59.2 Å².